The molecule has 0 amide bonds. The van der Waals surface area contributed by atoms with Crippen LogP contribution in [0.2, 0.25) is 0 Å². The Morgan fingerprint density at radius 1 is 0.548 bits per heavy atom. The Balaban J connectivity index is 1.64. The van der Waals surface area contributed by atoms with Crippen LogP contribution in [0.15, 0.2) is 133 Å². The summed E-state index contributed by atoms with van der Waals surface area (Å²) in [7, 11) is 0. The van der Waals surface area contributed by atoms with Crippen molar-refractivity contribution >= 4 is 49.3 Å². The van der Waals surface area contributed by atoms with Gasteiger partial charge in [0.05, 0.1) is 46.0 Å². The molecule has 0 bridgehead atoms. The summed E-state index contributed by atoms with van der Waals surface area (Å²) in [4.78, 5) is 3.73. The Morgan fingerprint density at radius 2 is 1.14 bits per heavy atom. The van der Waals surface area contributed by atoms with Crippen molar-refractivity contribution in [2.24, 2.45) is 0 Å². The molecule has 8 aromatic rings. The molecule has 2 heterocycles. The summed E-state index contributed by atoms with van der Waals surface area (Å²) < 4.78 is 4.59. The fourth-order valence-corrected chi connectivity index (χ4v) is 6.50. The quantitative estimate of drug-likeness (QED) is 0.208. The van der Waals surface area contributed by atoms with Gasteiger partial charge in [-0.2, -0.15) is 5.26 Å². The molecule has 2 aromatic heterocycles. The number of nitriles is 1. The molecule has 0 saturated carbocycles. The number of benzene rings is 6. The molecule has 0 unspecified atom stereocenters. The zero-order valence-corrected chi connectivity index (χ0v) is 22.5. The van der Waals surface area contributed by atoms with Gasteiger partial charge in [0.25, 0.3) is 0 Å². The van der Waals surface area contributed by atoms with E-state index in [1.165, 1.54) is 10.8 Å². The molecule has 0 aliphatic carbocycles. The molecule has 0 aliphatic heterocycles. The third kappa shape index (κ3) is 3.27. The first kappa shape index (κ1) is 23.8. The summed E-state index contributed by atoms with van der Waals surface area (Å²) in [5, 5.41) is 14.9. The summed E-state index contributed by atoms with van der Waals surface area (Å²) in [6.45, 7) is 7.83. The minimum Gasteiger partial charge on any atom is -0.309 e. The minimum atomic E-state index is 0.354. The molecule has 0 N–H and O–H groups in total. The zero-order chi connectivity index (χ0) is 28.2. The largest absolute Gasteiger partial charge is 0.309 e. The predicted molar refractivity (Wildman–Crippen MR) is 172 cm³/mol. The summed E-state index contributed by atoms with van der Waals surface area (Å²) >= 11 is 0. The van der Waals surface area contributed by atoms with Crippen LogP contribution in [0.3, 0.4) is 0 Å². The second-order valence-electron chi connectivity index (χ2n) is 10.3. The highest BCUT2D eigenvalue weighted by Gasteiger charge is 2.24. The lowest BCUT2D eigenvalue weighted by Gasteiger charge is -2.18. The number of rotatable bonds is 3. The van der Waals surface area contributed by atoms with Gasteiger partial charge >= 0.3 is 0 Å². The highest BCUT2D eigenvalue weighted by atomic mass is 15.0. The fourth-order valence-electron chi connectivity index (χ4n) is 6.50. The fraction of sp³-hybridized carbons (Fsp3) is 0. The van der Waals surface area contributed by atoms with Crippen LogP contribution in [-0.2, 0) is 0 Å². The molecule has 0 saturated heterocycles. The van der Waals surface area contributed by atoms with Gasteiger partial charge in [0.1, 0.15) is 0 Å². The van der Waals surface area contributed by atoms with Gasteiger partial charge in [-0.3, -0.25) is 0 Å². The molecular weight excluding hydrogens is 512 g/mol. The van der Waals surface area contributed by atoms with Gasteiger partial charge in [-0.1, -0.05) is 91.0 Å². The number of aromatic nitrogens is 2. The molecule has 4 heteroatoms. The molecule has 194 valence electrons. The Hall–Kier alpha value is -6.10. The second-order valence-corrected chi connectivity index (χ2v) is 10.3. The van der Waals surface area contributed by atoms with Crippen LogP contribution < -0.4 is 0 Å². The van der Waals surface area contributed by atoms with E-state index in [1.54, 1.807) is 6.07 Å². The van der Waals surface area contributed by atoms with E-state index >= 15 is 0 Å². The first-order valence-corrected chi connectivity index (χ1v) is 13.8. The van der Waals surface area contributed by atoms with Crippen LogP contribution >= 0.6 is 0 Å². The Kier molecular flexibility index (Phi) is 5.22. The lowest BCUT2D eigenvalue weighted by atomic mass is 9.93. The summed E-state index contributed by atoms with van der Waals surface area (Å²) in [6.07, 6.45) is 0. The van der Waals surface area contributed by atoms with E-state index in [2.05, 4.69) is 129 Å². The Labute approximate surface area is 242 Å². The van der Waals surface area contributed by atoms with E-state index in [0.717, 1.165) is 55.3 Å². The van der Waals surface area contributed by atoms with Crippen LogP contribution in [0.5, 0.6) is 0 Å². The normalized spacial score (nSPS) is 11.3. The maximum Gasteiger partial charge on any atom is 0.205 e. The van der Waals surface area contributed by atoms with Crippen molar-refractivity contribution in [3.8, 4) is 28.6 Å². The molecule has 42 heavy (non-hydrogen) atoms. The molecule has 0 spiro atoms. The molecule has 0 fully saturated rings. The van der Waals surface area contributed by atoms with E-state index in [1.807, 2.05) is 18.2 Å². The summed E-state index contributed by atoms with van der Waals surface area (Å²) in [5.41, 5.74) is 8.76. The van der Waals surface area contributed by atoms with Gasteiger partial charge in [0.15, 0.2) is 0 Å². The molecular formula is C38H22N4. The molecule has 4 nitrogen and oxygen atoms in total. The Morgan fingerprint density at radius 3 is 1.79 bits per heavy atom. The van der Waals surface area contributed by atoms with E-state index < -0.39 is 0 Å². The molecule has 0 radical (unpaired) electrons. The van der Waals surface area contributed by atoms with Crippen LogP contribution in [0.1, 0.15) is 5.56 Å². The van der Waals surface area contributed by atoms with Gasteiger partial charge in [0.2, 0.25) is 5.69 Å². The van der Waals surface area contributed by atoms with Crippen LogP contribution in [0, 0.1) is 17.9 Å². The first-order chi connectivity index (χ1) is 20.8. The molecule has 6 aromatic carbocycles. The van der Waals surface area contributed by atoms with Crippen LogP contribution in [0.4, 0.5) is 5.69 Å². The predicted octanol–water partition coefficient (Wildman–Crippen LogP) is 9.97. The van der Waals surface area contributed by atoms with Gasteiger partial charge in [-0.05, 0) is 48.0 Å². The molecule has 0 atom stereocenters. The third-order valence-electron chi connectivity index (χ3n) is 8.20. The third-order valence-corrected chi connectivity index (χ3v) is 8.20. The first-order valence-electron chi connectivity index (χ1n) is 13.8. The lowest BCUT2D eigenvalue weighted by Crippen LogP contribution is -2.00. The maximum atomic E-state index is 10.4. The monoisotopic (exact) mass is 534 g/mol. The van der Waals surface area contributed by atoms with Crippen molar-refractivity contribution in [1.29, 1.82) is 5.26 Å². The van der Waals surface area contributed by atoms with Crippen LogP contribution in [-0.4, -0.2) is 9.13 Å². The average molecular weight is 535 g/mol. The molecule has 0 aliphatic rings. The van der Waals surface area contributed by atoms with E-state index in [-0.39, 0.29) is 0 Å². The van der Waals surface area contributed by atoms with E-state index in [4.69, 9.17) is 6.57 Å². The van der Waals surface area contributed by atoms with Gasteiger partial charge in [0, 0.05) is 32.8 Å². The highest BCUT2D eigenvalue weighted by molar-refractivity contribution is 6.19. The van der Waals surface area contributed by atoms with Crippen molar-refractivity contribution in [3.05, 3.63) is 150 Å². The van der Waals surface area contributed by atoms with Crippen LogP contribution in [0.25, 0.3) is 71.0 Å². The van der Waals surface area contributed by atoms with E-state index in [9.17, 15) is 5.26 Å². The summed E-state index contributed by atoms with van der Waals surface area (Å²) in [5.74, 6) is 0. The number of hydrogen-bond donors (Lipinski definition) is 0. The summed E-state index contributed by atoms with van der Waals surface area (Å²) in [6, 6.07) is 48.0. The lowest BCUT2D eigenvalue weighted by molar-refractivity contribution is 1.17. The SMILES string of the molecule is [C-]#[N+]c1cccc(-c2c(-n3c4ccccc4c4ccccc43)ccc3c2c2ccccc2n3-c2ccccc2)c1C#N. The Bertz CT molecular complexity index is 2380. The number of fused-ring (bicyclic) bond motifs is 6. The van der Waals surface area contributed by atoms with E-state index in [0.29, 0.717) is 11.3 Å². The number of para-hydroxylation sites is 4. The average Bonchev–Trinajstić information content (AvgIpc) is 3.57. The van der Waals surface area contributed by atoms with Crippen molar-refractivity contribution < 1.29 is 0 Å². The van der Waals surface area contributed by atoms with Crippen molar-refractivity contribution in [1.82, 2.24) is 9.13 Å². The van der Waals surface area contributed by atoms with Gasteiger partial charge < -0.3 is 9.13 Å². The zero-order valence-electron chi connectivity index (χ0n) is 22.5. The standard InChI is InChI=1S/C38H22N4/c1-40-31-18-11-17-28(30(31)24-39)37-36(42-32-19-8-5-14-26(32)27-15-6-9-20-33(27)42)23-22-35-38(37)29-16-7-10-21-34(29)41(35)25-12-3-2-4-13-25/h2-23H. The minimum absolute atomic E-state index is 0.354. The smallest absolute Gasteiger partial charge is 0.205 e. The topological polar surface area (TPSA) is 38.0 Å². The van der Waals surface area contributed by atoms with Gasteiger partial charge in [-0.15, -0.1) is 0 Å². The van der Waals surface area contributed by atoms with Crippen molar-refractivity contribution in [2.75, 3.05) is 0 Å². The number of nitrogens with zero attached hydrogens (tertiary/aromatic N) is 4. The van der Waals surface area contributed by atoms with Gasteiger partial charge in [-0.25, -0.2) is 4.85 Å². The highest BCUT2D eigenvalue weighted by Crippen LogP contribution is 2.45. The number of hydrogen-bond acceptors (Lipinski definition) is 1. The maximum absolute atomic E-state index is 10.4. The van der Waals surface area contributed by atoms with Crippen molar-refractivity contribution in [2.45, 2.75) is 0 Å². The second kappa shape index (κ2) is 9.24. The molecule has 8 rings (SSSR count). The van der Waals surface area contributed by atoms with Crippen molar-refractivity contribution in [3.63, 3.8) is 0 Å².